The third-order valence-electron chi connectivity index (χ3n) is 0.682. The molecule has 4 heteroatoms. The molecular formula is C3Cl3F. The first-order valence-electron chi connectivity index (χ1n) is 1.51. The molecule has 1 aliphatic carbocycles. The van der Waals surface area contributed by atoms with Crippen molar-refractivity contribution in [2.45, 2.75) is 5.13 Å². The first kappa shape index (κ1) is 5.67. The predicted molar refractivity (Wildman–Crippen MR) is 28.4 cm³/mol. The molecule has 7 heavy (non-hydrogen) atoms. The molecular weight excluding hydrogens is 161 g/mol. The van der Waals surface area contributed by atoms with Gasteiger partial charge >= 0.3 is 0 Å². The van der Waals surface area contributed by atoms with Crippen LogP contribution in [-0.2, 0) is 0 Å². The average Bonchev–Trinajstić information content (AvgIpc) is 1.91. The molecule has 0 fully saturated rings. The number of hydrogen-bond acceptors (Lipinski definition) is 0. The second kappa shape index (κ2) is 1.28. The molecule has 0 aromatic rings. The smallest absolute Gasteiger partial charge is 0.213 e. The van der Waals surface area contributed by atoms with Gasteiger partial charge in [-0.3, -0.25) is 0 Å². The van der Waals surface area contributed by atoms with Crippen molar-refractivity contribution in [2.24, 2.45) is 0 Å². The lowest BCUT2D eigenvalue weighted by Gasteiger charge is -1.86. The zero-order valence-corrected chi connectivity index (χ0v) is 5.28. The van der Waals surface area contributed by atoms with E-state index in [1.807, 2.05) is 0 Å². The fraction of sp³-hybridized carbons (Fsp3) is 0.333. The Morgan fingerprint density at radius 1 is 1.29 bits per heavy atom. The summed E-state index contributed by atoms with van der Waals surface area (Å²) in [6, 6.07) is 0. The van der Waals surface area contributed by atoms with E-state index in [9.17, 15) is 4.39 Å². The summed E-state index contributed by atoms with van der Waals surface area (Å²) >= 11 is 15.1. The molecule has 0 radical (unpaired) electrons. The van der Waals surface area contributed by atoms with E-state index < -0.39 is 5.13 Å². The van der Waals surface area contributed by atoms with Gasteiger partial charge in [0.25, 0.3) is 5.13 Å². The minimum absolute atomic E-state index is 0.0872. The van der Waals surface area contributed by atoms with Crippen LogP contribution in [0.5, 0.6) is 0 Å². The Labute approximate surface area is 54.8 Å². The molecule has 1 aliphatic rings. The van der Waals surface area contributed by atoms with E-state index in [4.69, 9.17) is 34.8 Å². The van der Waals surface area contributed by atoms with Gasteiger partial charge in [0.2, 0.25) is 0 Å². The predicted octanol–water partition coefficient (Wildman–Crippen LogP) is 2.59. The number of allylic oxidation sites excluding steroid dienone is 2. The fourth-order valence-corrected chi connectivity index (χ4v) is 0.826. The van der Waals surface area contributed by atoms with Crippen LogP contribution in [0.4, 0.5) is 4.39 Å². The van der Waals surface area contributed by atoms with Gasteiger partial charge in [0.15, 0.2) is 0 Å². The van der Waals surface area contributed by atoms with Crippen molar-refractivity contribution in [3.8, 4) is 0 Å². The van der Waals surface area contributed by atoms with E-state index in [2.05, 4.69) is 0 Å². The SMILES string of the molecule is FC1(Cl)C(Cl)=C1Cl. The second-order valence-corrected chi connectivity index (χ2v) is 2.48. The monoisotopic (exact) mass is 160 g/mol. The lowest BCUT2D eigenvalue weighted by Crippen LogP contribution is -1.88. The maximum Gasteiger partial charge on any atom is 0.257 e. The highest BCUT2D eigenvalue weighted by atomic mass is 35.5. The molecule has 0 aromatic heterocycles. The van der Waals surface area contributed by atoms with Gasteiger partial charge in [-0.25, -0.2) is 4.39 Å². The van der Waals surface area contributed by atoms with E-state index in [-0.39, 0.29) is 10.1 Å². The molecule has 0 heterocycles. The van der Waals surface area contributed by atoms with Gasteiger partial charge in [-0.1, -0.05) is 34.8 Å². The standard InChI is InChI=1S/C3Cl3F/c4-1-2(5)3(1,6)7. The van der Waals surface area contributed by atoms with Crippen LogP contribution in [-0.4, -0.2) is 5.13 Å². The van der Waals surface area contributed by atoms with Crippen LogP contribution < -0.4 is 0 Å². The number of rotatable bonds is 0. The summed E-state index contributed by atoms with van der Waals surface area (Å²) in [5.74, 6) is 0. The van der Waals surface area contributed by atoms with Crippen LogP contribution in [0.1, 0.15) is 0 Å². The van der Waals surface area contributed by atoms with E-state index in [1.54, 1.807) is 0 Å². The molecule has 0 aliphatic heterocycles. The molecule has 0 nitrogen and oxygen atoms in total. The van der Waals surface area contributed by atoms with Gasteiger partial charge in [-0.05, 0) is 0 Å². The number of alkyl halides is 2. The normalized spacial score (nSPS) is 25.7. The zero-order valence-electron chi connectivity index (χ0n) is 3.01. The lowest BCUT2D eigenvalue weighted by molar-refractivity contribution is 0.456. The van der Waals surface area contributed by atoms with E-state index in [0.29, 0.717) is 0 Å². The molecule has 0 spiro atoms. The molecule has 0 atom stereocenters. The molecule has 0 N–H and O–H groups in total. The van der Waals surface area contributed by atoms with Crippen molar-refractivity contribution < 1.29 is 4.39 Å². The first-order chi connectivity index (χ1) is 3.07. The van der Waals surface area contributed by atoms with Gasteiger partial charge in [0.1, 0.15) is 0 Å². The number of halogens is 4. The van der Waals surface area contributed by atoms with Crippen LogP contribution >= 0.6 is 34.8 Å². The van der Waals surface area contributed by atoms with Gasteiger partial charge in [0, 0.05) is 0 Å². The molecule has 0 amide bonds. The fourth-order valence-electron chi connectivity index (χ4n) is 0.184. The minimum Gasteiger partial charge on any atom is -0.213 e. The Hall–Kier alpha value is 0.540. The van der Waals surface area contributed by atoms with Crippen LogP contribution in [0.3, 0.4) is 0 Å². The Bertz CT molecular complexity index is 123. The quantitative estimate of drug-likeness (QED) is 0.479. The molecule has 0 aromatic carbocycles. The number of hydrogen-bond donors (Lipinski definition) is 0. The Balaban J connectivity index is 2.69. The second-order valence-electron chi connectivity index (χ2n) is 1.20. The van der Waals surface area contributed by atoms with Crippen LogP contribution in [0.25, 0.3) is 0 Å². The maximum atomic E-state index is 12.0. The molecule has 0 unspecified atom stereocenters. The Kier molecular flexibility index (Phi) is 1.03. The summed E-state index contributed by atoms with van der Waals surface area (Å²) in [4.78, 5) is 0. The highest BCUT2D eigenvalue weighted by molar-refractivity contribution is 6.56. The van der Waals surface area contributed by atoms with E-state index >= 15 is 0 Å². The van der Waals surface area contributed by atoms with Gasteiger partial charge in [0.05, 0.1) is 10.1 Å². The summed E-state index contributed by atoms with van der Waals surface area (Å²) in [6.07, 6.45) is 0. The third kappa shape index (κ3) is 0.638. The topological polar surface area (TPSA) is 0 Å². The van der Waals surface area contributed by atoms with Crippen molar-refractivity contribution in [1.29, 1.82) is 0 Å². The summed E-state index contributed by atoms with van der Waals surface area (Å²) in [5, 5.41) is -2.17. The zero-order chi connectivity index (χ0) is 5.65. The maximum absolute atomic E-state index is 12.0. The largest absolute Gasteiger partial charge is 0.257 e. The summed E-state index contributed by atoms with van der Waals surface area (Å²) < 4.78 is 12.0. The van der Waals surface area contributed by atoms with Crippen LogP contribution in [0, 0.1) is 0 Å². The van der Waals surface area contributed by atoms with Gasteiger partial charge in [-0.15, -0.1) is 0 Å². The Morgan fingerprint density at radius 3 is 1.43 bits per heavy atom. The summed E-state index contributed by atoms with van der Waals surface area (Å²) in [7, 11) is 0. The van der Waals surface area contributed by atoms with Crippen LogP contribution in [0.2, 0.25) is 0 Å². The molecule has 0 saturated carbocycles. The first-order valence-corrected chi connectivity index (χ1v) is 2.64. The Morgan fingerprint density at radius 2 is 1.43 bits per heavy atom. The van der Waals surface area contributed by atoms with E-state index in [1.165, 1.54) is 0 Å². The lowest BCUT2D eigenvalue weighted by atomic mass is 10.8. The van der Waals surface area contributed by atoms with Crippen molar-refractivity contribution in [3.63, 3.8) is 0 Å². The van der Waals surface area contributed by atoms with Gasteiger partial charge in [-0.2, -0.15) is 0 Å². The minimum atomic E-state index is -2.00. The molecule has 1 rings (SSSR count). The molecule has 0 bridgehead atoms. The van der Waals surface area contributed by atoms with Crippen LogP contribution in [0.15, 0.2) is 10.1 Å². The summed E-state index contributed by atoms with van der Waals surface area (Å²) in [6.45, 7) is 0. The third-order valence-corrected chi connectivity index (χ3v) is 2.25. The molecule has 40 valence electrons. The van der Waals surface area contributed by atoms with Crippen molar-refractivity contribution >= 4 is 34.8 Å². The van der Waals surface area contributed by atoms with E-state index in [0.717, 1.165) is 0 Å². The van der Waals surface area contributed by atoms with Crippen molar-refractivity contribution in [2.75, 3.05) is 0 Å². The average molecular weight is 161 g/mol. The van der Waals surface area contributed by atoms with Crippen molar-refractivity contribution in [1.82, 2.24) is 0 Å². The highest BCUT2D eigenvalue weighted by Gasteiger charge is 2.52. The molecule has 0 saturated heterocycles. The summed E-state index contributed by atoms with van der Waals surface area (Å²) in [5.41, 5.74) is 0. The van der Waals surface area contributed by atoms with Gasteiger partial charge < -0.3 is 0 Å². The van der Waals surface area contributed by atoms with Crippen molar-refractivity contribution in [3.05, 3.63) is 10.1 Å². The highest BCUT2D eigenvalue weighted by Crippen LogP contribution is 2.55.